The topological polar surface area (TPSA) is 104 Å². The number of hydrogen-bond acceptors (Lipinski definition) is 6. The van der Waals surface area contributed by atoms with Crippen molar-refractivity contribution < 1.29 is 19.4 Å². The Hall–Kier alpha value is -3.46. The van der Waals surface area contributed by atoms with Gasteiger partial charge in [0.15, 0.2) is 0 Å². The van der Waals surface area contributed by atoms with Gasteiger partial charge in [-0.1, -0.05) is 35.9 Å². The lowest BCUT2D eigenvalue weighted by atomic mass is 9.72. The van der Waals surface area contributed by atoms with Crippen molar-refractivity contribution in [3.63, 3.8) is 0 Å². The minimum atomic E-state index is -1.32. The fourth-order valence-corrected chi connectivity index (χ4v) is 6.04. The number of rotatable bonds is 10. The molecule has 0 saturated carbocycles. The number of amides is 2. The SMILES string of the molecule is CNCc1ccc(C(=O)N2CCCC(C(O)(CCCNC(=O)OC)c3cccc(Cl)c3-c3cncc(C)c3)C2)cc1. The van der Waals surface area contributed by atoms with Crippen LogP contribution in [0, 0.1) is 12.8 Å². The number of benzene rings is 2. The lowest BCUT2D eigenvalue weighted by Crippen LogP contribution is -2.48. The van der Waals surface area contributed by atoms with Crippen LogP contribution in [0.2, 0.25) is 5.02 Å². The van der Waals surface area contributed by atoms with Crippen molar-refractivity contribution in [1.29, 1.82) is 0 Å². The quantitative estimate of drug-likeness (QED) is 0.282. The minimum Gasteiger partial charge on any atom is -0.453 e. The first kappa shape index (κ1) is 30.5. The summed E-state index contributed by atoms with van der Waals surface area (Å²) >= 11 is 6.80. The summed E-state index contributed by atoms with van der Waals surface area (Å²) in [7, 11) is 3.21. The normalized spacial score (nSPS) is 16.6. The third-order valence-electron chi connectivity index (χ3n) is 7.80. The zero-order valence-electron chi connectivity index (χ0n) is 24.0. The van der Waals surface area contributed by atoms with E-state index in [4.69, 9.17) is 16.3 Å². The average molecular weight is 579 g/mol. The van der Waals surface area contributed by atoms with Crippen LogP contribution in [0.25, 0.3) is 11.1 Å². The Balaban J connectivity index is 1.67. The number of methoxy groups -OCH3 is 1. The second kappa shape index (κ2) is 13.9. The molecule has 2 heterocycles. The second-order valence-corrected chi connectivity index (χ2v) is 11.1. The first-order chi connectivity index (χ1) is 19.8. The number of likely N-dealkylation sites (tertiary alicyclic amines) is 1. The first-order valence-electron chi connectivity index (χ1n) is 14.0. The molecule has 0 aliphatic carbocycles. The largest absolute Gasteiger partial charge is 0.453 e. The molecule has 218 valence electrons. The van der Waals surface area contributed by atoms with Gasteiger partial charge >= 0.3 is 6.09 Å². The number of piperidine rings is 1. The molecule has 4 rings (SSSR count). The van der Waals surface area contributed by atoms with Crippen molar-refractivity contribution in [2.24, 2.45) is 5.92 Å². The van der Waals surface area contributed by atoms with Crippen molar-refractivity contribution in [3.05, 3.63) is 88.2 Å². The molecule has 0 bridgehead atoms. The van der Waals surface area contributed by atoms with Crippen molar-refractivity contribution in [2.75, 3.05) is 33.8 Å². The highest BCUT2D eigenvalue weighted by molar-refractivity contribution is 6.33. The van der Waals surface area contributed by atoms with E-state index in [2.05, 4.69) is 15.6 Å². The van der Waals surface area contributed by atoms with Gasteiger partial charge in [-0.15, -0.1) is 0 Å². The van der Waals surface area contributed by atoms with Crippen LogP contribution < -0.4 is 10.6 Å². The van der Waals surface area contributed by atoms with Crippen LogP contribution >= 0.6 is 11.6 Å². The predicted octanol–water partition coefficient (Wildman–Crippen LogP) is 5.31. The predicted molar refractivity (Wildman–Crippen MR) is 161 cm³/mol. The van der Waals surface area contributed by atoms with E-state index in [-0.39, 0.29) is 11.8 Å². The van der Waals surface area contributed by atoms with Crippen molar-refractivity contribution in [3.8, 4) is 11.1 Å². The van der Waals surface area contributed by atoms with Gasteiger partial charge in [-0.2, -0.15) is 0 Å². The Morgan fingerprint density at radius 1 is 1.20 bits per heavy atom. The van der Waals surface area contributed by atoms with Crippen LogP contribution in [-0.4, -0.2) is 60.8 Å². The number of carbonyl (C=O) groups is 2. The number of aliphatic hydroxyl groups is 1. The van der Waals surface area contributed by atoms with Gasteiger partial charge in [-0.05, 0) is 80.6 Å². The number of nitrogens with zero attached hydrogens (tertiary/aromatic N) is 2. The number of alkyl carbamates (subject to hydrolysis) is 1. The van der Waals surface area contributed by atoms with Gasteiger partial charge in [0.2, 0.25) is 0 Å². The number of aromatic nitrogens is 1. The van der Waals surface area contributed by atoms with Crippen molar-refractivity contribution in [2.45, 2.75) is 44.8 Å². The zero-order chi connectivity index (χ0) is 29.4. The summed E-state index contributed by atoms with van der Waals surface area (Å²) in [6, 6.07) is 15.2. The molecule has 2 amide bonds. The third-order valence-corrected chi connectivity index (χ3v) is 8.11. The summed E-state index contributed by atoms with van der Waals surface area (Å²) in [6.45, 7) is 4.06. The van der Waals surface area contributed by atoms with E-state index < -0.39 is 11.7 Å². The van der Waals surface area contributed by atoms with Crippen molar-refractivity contribution in [1.82, 2.24) is 20.5 Å². The standard InChI is InChI=1S/C32H39ClN4O4/c1-22-17-25(20-35-18-22)29-27(8-4-9-28(29)33)32(40,14-6-15-36-31(39)41-3)26-7-5-16-37(21-26)30(38)24-12-10-23(11-13-24)19-34-2/h4,8-13,17-18,20,26,34,40H,5-7,14-16,19,21H2,1-3H3,(H,36,39). The summed E-state index contributed by atoms with van der Waals surface area (Å²) in [5.74, 6) is -0.300. The molecule has 1 saturated heterocycles. The molecule has 3 aromatic rings. The van der Waals surface area contributed by atoms with Gasteiger partial charge in [0.1, 0.15) is 0 Å². The van der Waals surface area contributed by atoms with Gasteiger partial charge in [0.25, 0.3) is 5.91 Å². The molecule has 3 N–H and O–H groups in total. The Morgan fingerprint density at radius 2 is 1.98 bits per heavy atom. The number of hydrogen-bond donors (Lipinski definition) is 3. The lowest BCUT2D eigenvalue weighted by Gasteiger charge is -2.44. The molecule has 9 heteroatoms. The number of nitrogens with one attached hydrogen (secondary N) is 2. The molecular formula is C32H39ClN4O4. The van der Waals surface area contributed by atoms with Crippen LogP contribution in [0.3, 0.4) is 0 Å². The van der Waals surface area contributed by atoms with E-state index in [0.717, 1.165) is 41.6 Å². The van der Waals surface area contributed by atoms with Crippen LogP contribution in [0.1, 0.15) is 52.7 Å². The van der Waals surface area contributed by atoms with Crippen LogP contribution in [0.15, 0.2) is 60.9 Å². The van der Waals surface area contributed by atoms with Crippen LogP contribution in [0.5, 0.6) is 0 Å². The lowest BCUT2D eigenvalue weighted by molar-refractivity contribution is -0.0563. The first-order valence-corrected chi connectivity index (χ1v) is 14.4. The maximum atomic E-state index is 13.6. The van der Waals surface area contributed by atoms with E-state index in [1.54, 1.807) is 12.4 Å². The number of pyridine rings is 1. The van der Waals surface area contributed by atoms with Gasteiger partial charge in [-0.3, -0.25) is 9.78 Å². The molecule has 2 atom stereocenters. The maximum Gasteiger partial charge on any atom is 0.406 e. The minimum absolute atomic E-state index is 0.0467. The second-order valence-electron chi connectivity index (χ2n) is 10.7. The fraction of sp³-hybridized carbons (Fsp3) is 0.406. The molecule has 8 nitrogen and oxygen atoms in total. The molecule has 41 heavy (non-hydrogen) atoms. The summed E-state index contributed by atoms with van der Waals surface area (Å²) in [4.78, 5) is 31.4. The number of aryl methyl sites for hydroxylation is 1. The summed E-state index contributed by atoms with van der Waals surface area (Å²) in [5.41, 5.74) is 3.65. The van der Waals surface area contributed by atoms with Gasteiger partial charge < -0.3 is 25.4 Å². The molecule has 1 aromatic heterocycles. The highest BCUT2D eigenvalue weighted by Crippen LogP contribution is 2.45. The Morgan fingerprint density at radius 3 is 2.68 bits per heavy atom. The Labute approximate surface area is 247 Å². The Kier molecular flexibility index (Phi) is 10.4. The molecular weight excluding hydrogens is 540 g/mol. The Bertz CT molecular complexity index is 1350. The average Bonchev–Trinajstić information content (AvgIpc) is 2.99. The number of ether oxygens (including phenoxy) is 1. The molecule has 0 spiro atoms. The van der Waals surface area contributed by atoms with E-state index in [9.17, 15) is 14.7 Å². The highest BCUT2D eigenvalue weighted by atomic mass is 35.5. The van der Waals surface area contributed by atoms with E-state index in [0.29, 0.717) is 48.6 Å². The van der Waals surface area contributed by atoms with E-state index in [1.165, 1.54) is 7.11 Å². The zero-order valence-corrected chi connectivity index (χ0v) is 24.7. The van der Waals surface area contributed by atoms with Gasteiger partial charge in [-0.25, -0.2) is 4.79 Å². The summed E-state index contributed by atoms with van der Waals surface area (Å²) < 4.78 is 4.71. The van der Waals surface area contributed by atoms with Crippen LogP contribution in [-0.2, 0) is 16.9 Å². The molecule has 1 fully saturated rings. The van der Waals surface area contributed by atoms with E-state index in [1.807, 2.05) is 67.4 Å². The van der Waals surface area contributed by atoms with Crippen LogP contribution in [0.4, 0.5) is 4.79 Å². The maximum absolute atomic E-state index is 13.6. The summed E-state index contributed by atoms with van der Waals surface area (Å²) in [5, 5.41) is 19.0. The monoisotopic (exact) mass is 578 g/mol. The number of halogens is 1. The molecule has 0 radical (unpaired) electrons. The molecule has 2 unspecified atom stereocenters. The van der Waals surface area contributed by atoms with Crippen molar-refractivity contribution >= 4 is 23.6 Å². The molecule has 1 aliphatic rings. The van der Waals surface area contributed by atoms with Gasteiger partial charge in [0.05, 0.1) is 12.7 Å². The van der Waals surface area contributed by atoms with E-state index >= 15 is 0 Å². The number of carbonyl (C=O) groups excluding carboxylic acids is 2. The summed E-state index contributed by atoms with van der Waals surface area (Å²) in [6.07, 6.45) is 5.38. The van der Waals surface area contributed by atoms with Gasteiger partial charge in [0, 0.05) is 66.2 Å². The highest BCUT2D eigenvalue weighted by Gasteiger charge is 2.43. The third kappa shape index (κ3) is 7.25. The smallest absolute Gasteiger partial charge is 0.406 e. The molecule has 2 aromatic carbocycles. The molecule has 1 aliphatic heterocycles. The fourth-order valence-electron chi connectivity index (χ4n) is 5.75.